The third kappa shape index (κ3) is 5.55. The van der Waals surface area contributed by atoms with Gasteiger partial charge in [-0.05, 0) is 30.5 Å². The quantitative estimate of drug-likeness (QED) is 0.796. The molecular formula is C20H27ClN2O3. The predicted molar refractivity (Wildman–Crippen MR) is 102 cm³/mol. The van der Waals surface area contributed by atoms with Crippen molar-refractivity contribution in [2.45, 2.75) is 18.9 Å². The van der Waals surface area contributed by atoms with E-state index in [1.807, 2.05) is 35.2 Å². The molecule has 0 aromatic heterocycles. The number of morpholine rings is 1. The van der Waals surface area contributed by atoms with Crippen LogP contribution in [0, 0.1) is 5.92 Å². The third-order valence-electron chi connectivity index (χ3n) is 5.14. The number of nitrogens with zero attached hydrogens (tertiary/aromatic N) is 2. The van der Waals surface area contributed by atoms with Crippen LogP contribution in [0.25, 0.3) is 0 Å². The van der Waals surface area contributed by atoms with E-state index in [2.05, 4.69) is 4.90 Å². The van der Waals surface area contributed by atoms with Gasteiger partial charge in [0, 0.05) is 49.7 Å². The summed E-state index contributed by atoms with van der Waals surface area (Å²) in [5, 5.41) is 11.0. The number of ether oxygens (including phenoxy) is 1. The Labute approximate surface area is 160 Å². The van der Waals surface area contributed by atoms with E-state index in [0.717, 1.165) is 44.8 Å². The number of rotatable bonds is 5. The minimum atomic E-state index is -0.368. The molecule has 1 N–H and O–H groups in total. The maximum absolute atomic E-state index is 12.5. The monoisotopic (exact) mass is 378 g/mol. The van der Waals surface area contributed by atoms with Crippen molar-refractivity contribution in [1.29, 1.82) is 0 Å². The molecule has 3 rings (SSSR count). The Morgan fingerprint density at radius 3 is 2.69 bits per heavy atom. The number of hydrogen-bond donors (Lipinski definition) is 1. The van der Waals surface area contributed by atoms with E-state index < -0.39 is 0 Å². The first-order valence-corrected chi connectivity index (χ1v) is 9.67. The van der Waals surface area contributed by atoms with Gasteiger partial charge in [0.2, 0.25) is 5.91 Å². The molecule has 2 atom stereocenters. The number of halogens is 1. The predicted octanol–water partition coefficient (Wildman–Crippen LogP) is 1.98. The fraction of sp³-hybridized carbons (Fsp3) is 0.550. The van der Waals surface area contributed by atoms with Crippen molar-refractivity contribution in [3.63, 3.8) is 0 Å². The Morgan fingerprint density at radius 2 is 1.96 bits per heavy atom. The second kappa shape index (κ2) is 9.51. The van der Waals surface area contributed by atoms with Crippen LogP contribution in [0.4, 0.5) is 0 Å². The Hall–Kier alpha value is -1.40. The highest BCUT2D eigenvalue weighted by atomic mass is 35.5. The van der Waals surface area contributed by atoms with Gasteiger partial charge in [-0.1, -0.05) is 29.8 Å². The normalized spacial score (nSPS) is 24.9. The summed E-state index contributed by atoms with van der Waals surface area (Å²) >= 11 is 5.93. The molecule has 6 heteroatoms. The van der Waals surface area contributed by atoms with Gasteiger partial charge in [-0.15, -0.1) is 0 Å². The smallest absolute Gasteiger partial charge is 0.246 e. The van der Waals surface area contributed by atoms with Crippen LogP contribution in [0.15, 0.2) is 36.4 Å². The van der Waals surface area contributed by atoms with Crippen LogP contribution in [0.5, 0.6) is 0 Å². The van der Waals surface area contributed by atoms with Gasteiger partial charge in [-0.3, -0.25) is 9.69 Å². The minimum Gasteiger partial charge on any atom is -0.393 e. The first-order valence-electron chi connectivity index (χ1n) is 9.30. The molecule has 1 aromatic carbocycles. The molecule has 0 aliphatic carbocycles. The molecule has 2 fully saturated rings. The number of amides is 1. The fourth-order valence-electron chi connectivity index (χ4n) is 3.54. The van der Waals surface area contributed by atoms with Crippen LogP contribution < -0.4 is 0 Å². The average molecular weight is 379 g/mol. The fourth-order valence-corrected chi connectivity index (χ4v) is 3.66. The van der Waals surface area contributed by atoms with Crippen molar-refractivity contribution in [2.24, 2.45) is 5.92 Å². The lowest BCUT2D eigenvalue weighted by Gasteiger charge is -2.36. The standard InChI is InChI=1S/C20H27ClN2O3/c21-18-5-3-16(4-6-18)14-17-15-23(9-7-19(17)24)20(25)2-1-8-22-10-12-26-13-11-22/h1-6,17,19,24H,7-15H2/b2-1+/t17-,19+/m1/s1. The topological polar surface area (TPSA) is 53.0 Å². The van der Waals surface area contributed by atoms with Crippen LogP contribution in [0.3, 0.4) is 0 Å². The number of likely N-dealkylation sites (tertiary alicyclic amines) is 1. The lowest BCUT2D eigenvalue weighted by Crippen LogP contribution is -2.46. The molecule has 0 unspecified atom stereocenters. The minimum absolute atomic E-state index is 0.0336. The first-order chi connectivity index (χ1) is 12.6. The largest absolute Gasteiger partial charge is 0.393 e. The van der Waals surface area contributed by atoms with E-state index in [1.165, 1.54) is 0 Å². The maximum Gasteiger partial charge on any atom is 0.246 e. The highest BCUT2D eigenvalue weighted by Gasteiger charge is 2.29. The van der Waals surface area contributed by atoms with E-state index in [-0.39, 0.29) is 17.9 Å². The van der Waals surface area contributed by atoms with Crippen LogP contribution in [0.1, 0.15) is 12.0 Å². The summed E-state index contributed by atoms with van der Waals surface area (Å²) in [7, 11) is 0. The van der Waals surface area contributed by atoms with Gasteiger partial charge >= 0.3 is 0 Å². The van der Waals surface area contributed by atoms with Crippen molar-refractivity contribution in [3.8, 4) is 0 Å². The lowest BCUT2D eigenvalue weighted by atomic mass is 9.88. The number of aliphatic hydroxyl groups is 1. The highest BCUT2D eigenvalue weighted by Crippen LogP contribution is 2.22. The van der Waals surface area contributed by atoms with Crippen LogP contribution in [0.2, 0.25) is 5.02 Å². The van der Waals surface area contributed by atoms with E-state index in [1.54, 1.807) is 6.08 Å². The SMILES string of the molecule is O=C(/C=C/CN1CCOCC1)N1CC[C@H](O)[C@H](Cc2ccc(Cl)cc2)C1. The zero-order chi connectivity index (χ0) is 18.4. The molecule has 2 heterocycles. The number of carbonyl (C=O) groups is 1. The number of hydrogen-bond acceptors (Lipinski definition) is 4. The van der Waals surface area contributed by atoms with E-state index in [9.17, 15) is 9.90 Å². The summed E-state index contributed by atoms with van der Waals surface area (Å²) in [5.74, 6) is 0.0905. The molecule has 0 bridgehead atoms. The number of aliphatic hydroxyl groups excluding tert-OH is 1. The second-order valence-electron chi connectivity index (χ2n) is 7.05. The van der Waals surface area contributed by atoms with Crippen molar-refractivity contribution in [3.05, 3.63) is 47.0 Å². The summed E-state index contributed by atoms with van der Waals surface area (Å²) in [6.07, 6.45) is 4.62. The average Bonchev–Trinajstić information content (AvgIpc) is 2.66. The molecule has 0 saturated carbocycles. The number of benzene rings is 1. The summed E-state index contributed by atoms with van der Waals surface area (Å²) in [5.41, 5.74) is 1.13. The van der Waals surface area contributed by atoms with Gasteiger partial charge in [0.05, 0.1) is 19.3 Å². The molecule has 1 amide bonds. The Bertz CT molecular complexity index is 614. The number of piperidine rings is 1. The summed E-state index contributed by atoms with van der Waals surface area (Å²) in [6, 6.07) is 7.70. The molecule has 0 spiro atoms. The van der Waals surface area contributed by atoms with Gasteiger partial charge in [0.15, 0.2) is 0 Å². The summed E-state index contributed by atoms with van der Waals surface area (Å²) < 4.78 is 5.33. The van der Waals surface area contributed by atoms with Crippen LogP contribution in [-0.2, 0) is 16.0 Å². The Balaban J connectivity index is 1.51. The first kappa shape index (κ1) is 19.4. The van der Waals surface area contributed by atoms with E-state index in [4.69, 9.17) is 16.3 Å². The molecule has 2 saturated heterocycles. The molecule has 0 radical (unpaired) electrons. The van der Waals surface area contributed by atoms with Gasteiger partial charge in [0.1, 0.15) is 0 Å². The molecule has 2 aliphatic heterocycles. The van der Waals surface area contributed by atoms with Gasteiger partial charge < -0.3 is 14.7 Å². The molecular weight excluding hydrogens is 352 g/mol. The summed E-state index contributed by atoms with van der Waals surface area (Å²) in [6.45, 7) is 5.33. The summed E-state index contributed by atoms with van der Waals surface area (Å²) in [4.78, 5) is 16.6. The van der Waals surface area contributed by atoms with Crippen molar-refractivity contribution in [1.82, 2.24) is 9.80 Å². The molecule has 142 valence electrons. The van der Waals surface area contributed by atoms with Crippen LogP contribution >= 0.6 is 11.6 Å². The Morgan fingerprint density at radius 1 is 1.23 bits per heavy atom. The van der Waals surface area contributed by atoms with Crippen molar-refractivity contribution >= 4 is 17.5 Å². The molecule has 5 nitrogen and oxygen atoms in total. The Kier molecular flexibility index (Phi) is 7.08. The van der Waals surface area contributed by atoms with Gasteiger partial charge in [-0.2, -0.15) is 0 Å². The van der Waals surface area contributed by atoms with Crippen LogP contribution in [-0.4, -0.2) is 72.9 Å². The van der Waals surface area contributed by atoms with Gasteiger partial charge in [-0.25, -0.2) is 0 Å². The van der Waals surface area contributed by atoms with Crippen molar-refractivity contribution < 1.29 is 14.6 Å². The maximum atomic E-state index is 12.5. The van der Waals surface area contributed by atoms with E-state index in [0.29, 0.717) is 24.5 Å². The van der Waals surface area contributed by atoms with Crippen molar-refractivity contribution in [2.75, 3.05) is 45.9 Å². The zero-order valence-corrected chi connectivity index (χ0v) is 15.8. The van der Waals surface area contributed by atoms with E-state index >= 15 is 0 Å². The zero-order valence-electron chi connectivity index (χ0n) is 15.0. The lowest BCUT2D eigenvalue weighted by molar-refractivity contribution is -0.129. The third-order valence-corrected chi connectivity index (χ3v) is 5.40. The van der Waals surface area contributed by atoms with Gasteiger partial charge in [0.25, 0.3) is 0 Å². The highest BCUT2D eigenvalue weighted by molar-refractivity contribution is 6.30. The molecule has 2 aliphatic rings. The molecule has 1 aromatic rings. The molecule has 26 heavy (non-hydrogen) atoms. The number of carbonyl (C=O) groups excluding carboxylic acids is 1. The second-order valence-corrected chi connectivity index (χ2v) is 7.48.